The van der Waals surface area contributed by atoms with E-state index in [1.807, 2.05) is 0 Å². The number of sulfonamides is 1. The molecule has 1 fully saturated rings. The molecule has 27 heavy (non-hydrogen) atoms. The molecule has 7 nitrogen and oxygen atoms in total. The lowest BCUT2D eigenvalue weighted by atomic mass is 10.2. The molecule has 0 bridgehead atoms. The maximum absolute atomic E-state index is 13.9. The summed E-state index contributed by atoms with van der Waals surface area (Å²) >= 11 is 5.80. The fraction of sp³-hybridized carbons (Fsp3) is 0.250. The SMILES string of the molecule is O=[N+]([O-])c1cc(Cl)ccc1N1CCN(S(=O)(=O)c2cc(F)ccc2F)CC1. The minimum absolute atomic E-state index is 0.0297. The molecule has 0 radical (unpaired) electrons. The summed E-state index contributed by atoms with van der Waals surface area (Å²) in [5.41, 5.74) is 0.133. The monoisotopic (exact) mass is 417 g/mol. The molecule has 1 saturated heterocycles. The van der Waals surface area contributed by atoms with Crippen LogP contribution in [0.2, 0.25) is 5.02 Å². The van der Waals surface area contributed by atoms with Crippen LogP contribution in [0, 0.1) is 21.7 Å². The van der Waals surface area contributed by atoms with Gasteiger partial charge >= 0.3 is 0 Å². The van der Waals surface area contributed by atoms with Crippen molar-refractivity contribution in [2.24, 2.45) is 0 Å². The van der Waals surface area contributed by atoms with Crippen molar-refractivity contribution in [1.29, 1.82) is 0 Å². The molecule has 1 aliphatic rings. The van der Waals surface area contributed by atoms with Gasteiger partial charge < -0.3 is 4.90 Å². The van der Waals surface area contributed by atoms with E-state index in [9.17, 15) is 27.3 Å². The second-order valence-electron chi connectivity index (χ2n) is 5.86. The summed E-state index contributed by atoms with van der Waals surface area (Å²) in [6, 6.07) is 6.47. The van der Waals surface area contributed by atoms with Crippen LogP contribution in [0.1, 0.15) is 0 Å². The van der Waals surface area contributed by atoms with Gasteiger partial charge in [-0.15, -0.1) is 0 Å². The molecular formula is C16H14ClF2N3O4S. The highest BCUT2D eigenvalue weighted by Gasteiger charge is 2.32. The lowest BCUT2D eigenvalue weighted by Gasteiger charge is -2.35. The largest absolute Gasteiger partial charge is 0.363 e. The average molecular weight is 418 g/mol. The number of nitro benzene ring substituents is 1. The number of hydrogen-bond acceptors (Lipinski definition) is 5. The number of halogens is 3. The van der Waals surface area contributed by atoms with E-state index in [1.165, 1.54) is 18.2 Å². The van der Waals surface area contributed by atoms with Gasteiger partial charge in [0.2, 0.25) is 10.0 Å². The van der Waals surface area contributed by atoms with Gasteiger partial charge in [0, 0.05) is 37.3 Å². The molecule has 1 aliphatic heterocycles. The number of nitro groups is 1. The van der Waals surface area contributed by atoms with Crippen LogP contribution < -0.4 is 4.90 Å². The van der Waals surface area contributed by atoms with Crippen molar-refractivity contribution in [1.82, 2.24) is 4.31 Å². The summed E-state index contributed by atoms with van der Waals surface area (Å²) < 4.78 is 53.4. The van der Waals surface area contributed by atoms with Gasteiger partial charge in [0.25, 0.3) is 5.69 Å². The van der Waals surface area contributed by atoms with Crippen LogP contribution in [0.25, 0.3) is 0 Å². The highest BCUT2D eigenvalue weighted by atomic mass is 35.5. The smallest absolute Gasteiger partial charge is 0.294 e. The summed E-state index contributed by atoms with van der Waals surface area (Å²) in [6.07, 6.45) is 0. The fourth-order valence-corrected chi connectivity index (χ4v) is 4.56. The number of anilines is 1. The first-order chi connectivity index (χ1) is 12.7. The molecule has 2 aromatic carbocycles. The minimum Gasteiger partial charge on any atom is -0.363 e. The van der Waals surface area contributed by atoms with Gasteiger partial charge in [-0.1, -0.05) is 11.6 Å². The van der Waals surface area contributed by atoms with Crippen molar-refractivity contribution < 1.29 is 22.1 Å². The molecular weight excluding hydrogens is 404 g/mol. The highest BCUT2D eigenvalue weighted by molar-refractivity contribution is 7.89. The molecule has 0 N–H and O–H groups in total. The van der Waals surface area contributed by atoms with E-state index in [4.69, 9.17) is 11.6 Å². The molecule has 0 amide bonds. The third-order valence-electron chi connectivity index (χ3n) is 4.22. The Morgan fingerprint density at radius 2 is 1.70 bits per heavy atom. The quantitative estimate of drug-likeness (QED) is 0.564. The Hall–Kier alpha value is -2.30. The van der Waals surface area contributed by atoms with Crippen LogP contribution in [0.5, 0.6) is 0 Å². The zero-order chi connectivity index (χ0) is 19.8. The summed E-state index contributed by atoms with van der Waals surface area (Å²) in [6.45, 7) is 0.243. The maximum atomic E-state index is 13.9. The molecule has 1 heterocycles. The molecule has 144 valence electrons. The van der Waals surface area contributed by atoms with Crippen molar-refractivity contribution in [2.75, 3.05) is 31.1 Å². The van der Waals surface area contributed by atoms with E-state index >= 15 is 0 Å². The van der Waals surface area contributed by atoms with Gasteiger partial charge in [0.15, 0.2) is 0 Å². The predicted octanol–water partition coefficient (Wildman–Crippen LogP) is 3.04. The Bertz CT molecular complexity index is 995. The molecule has 0 aromatic heterocycles. The van der Waals surface area contributed by atoms with E-state index in [2.05, 4.69) is 0 Å². The van der Waals surface area contributed by atoms with Crippen LogP contribution >= 0.6 is 11.6 Å². The normalized spacial score (nSPS) is 15.7. The van der Waals surface area contributed by atoms with Crippen molar-refractivity contribution in [3.63, 3.8) is 0 Å². The standard InChI is InChI=1S/C16H14ClF2N3O4S/c17-11-1-4-14(15(9-11)22(23)24)20-5-7-21(8-6-20)27(25,26)16-10-12(18)2-3-13(16)19/h1-4,9-10H,5-8H2. The minimum atomic E-state index is -4.22. The van der Waals surface area contributed by atoms with E-state index in [1.54, 1.807) is 4.90 Å². The average Bonchev–Trinajstić information content (AvgIpc) is 2.63. The molecule has 2 aromatic rings. The molecule has 0 saturated carbocycles. The van der Waals surface area contributed by atoms with Gasteiger partial charge in [-0.3, -0.25) is 10.1 Å². The van der Waals surface area contributed by atoms with E-state index in [0.717, 1.165) is 16.4 Å². The molecule has 0 aliphatic carbocycles. The van der Waals surface area contributed by atoms with Crippen LogP contribution in [-0.2, 0) is 10.0 Å². The Labute approximate surface area is 159 Å². The van der Waals surface area contributed by atoms with E-state index in [-0.39, 0.29) is 36.9 Å². The van der Waals surface area contributed by atoms with Crippen LogP contribution in [-0.4, -0.2) is 43.8 Å². The first-order valence-electron chi connectivity index (χ1n) is 7.84. The Kier molecular flexibility index (Phi) is 5.31. The third-order valence-corrected chi connectivity index (χ3v) is 6.37. The first-order valence-corrected chi connectivity index (χ1v) is 9.66. The molecule has 0 spiro atoms. The molecule has 3 rings (SSSR count). The number of rotatable bonds is 4. The second kappa shape index (κ2) is 7.37. The fourth-order valence-electron chi connectivity index (χ4n) is 2.89. The van der Waals surface area contributed by atoms with Crippen LogP contribution in [0.15, 0.2) is 41.3 Å². The van der Waals surface area contributed by atoms with Gasteiger partial charge in [0.1, 0.15) is 22.2 Å². The third kappa shape index (κ3) is 3.87. The van der Waals surface area contributed by atoms with Crippen LogP contribution in [0.4, 0.5) is 20.2 Å². The topological polar surface area (TPSA) is 83.8 Å². The number of piperazine rings is 1. The Morgan fingerprint density at radius 1 is 1.04 bits per heavy atom. The maximum Gasteiger partial charge on any atom is 0.294 e. The van der Waals surface area contributed by atoms with Crippen molar-refractivity contribution in [3.8, 4) is 0 Å². The highest BCUT2D eigenvalue weighted by Crippen LogP contribution is 2.32. The predicted molar refractivity (Wildman–Crippen MR) is 95.4 cm³/mol. The van der Waals surface area contributed by atoms with Crippen molar-refractivity contribution in [3.05, 3.63) is 63.2 Å². The second-order valence-corrected chi connectivity index (χ2v) is 8.20. The number of nitrogens with zero attached hydrogens (tertiary/aromatic N) is 3. The van der Waals surface area contributed by atoms with E-state index in [0.29, 0.717) is 11.8 Å². The summed E-state index contributed by atoms with van der Waals surface area (Å²) in [5.74, 6) is -1.89. The van der Waals surface area contributed by atoms with E-state index < -0.39 is 31.5 Å². The molecule has 0 unspecified atom stereocenters. The van der Waals surface area contributed by atoms with Crippen molar-refractivity contribution >= 4 is 33.0 Å². The summed E-state index contributed by atoms with van der Waals surface area (Å²) in [5, 5.41) is 11.4. The molecule has 0 atom stereocenters. The number of benzene rings is 2. The lowest BCUT2D eigenvalue weighted by Crippen LogP contribution is -2.49. The van der Waals surface area contributed by atoms with Crippen molar-refractivity contribution in [2.45, 2.75) is 4.90 Å². The zero-order valence-electron chi connectivity index (χ0n) is 13.8. The van der Waals surface area contributed by atoms with Gasteiger partial charge in [0.05, 0.1) is 4.92 Å². The first kappa shape index (κ1) is 19.5. The zero-order valence-corrected chi connectivity index (χ0v) is 15.4. The summed E-state index contributed by atoms with van der Waals surface area (Å²) in [7, 11) is -4.22. The van der Waals surface area contributed by atoms with Crippen LogP contribution in [0.3, 0.4) is 0 Å². The van der Waals surface area contributed by atoms with Gasteiger partial charge in [-0.25, -0.2) is 17.2 Å². The number of hydrogen-bond donors (Lipinski definition) is 0. The summed E-state index contributed by atoms with van der Waals surface area (Å²) in [4.78, 5) is 11.6. The lowest BCUT2D eigenvalue weighted by molar-refractivity contribution is -0.384. The molecule has 11 heteroatoms. The van der Waals surface area contributed by atoms with Gasteiger partial charge in [-0.05, 0) is 30.3 Å². The Balaban J connectivity index is 1.82. The Morgan fingerprint density at radius 3 is 2.33 bits per heavy atom. The van der Waals surface area contributed by atoms with Gasteiger partial charge in [-0.2, -0.15) is 4.31 Å².